The molecular formula is C10H11BrFNO. The fourth-order valence-electron chi connectivity index (χ4n) is 0.890. The molecule has 0 aromatic heterocycles. The molecule has 0 radical (unpaired) electrons. The fraction of sp³-hybridized carbons (Fsp3) is 0.200. The van der Waals surface area contributed by atoms with Gasteiger partial charge in [-0.15, -0.1) is 0 Å². The van der Waals surface area contributed by atoms with Crippen LogP contribution in [0.5, 0.6) is 5.75 Å². The van der Waals surface area contributed by atoms with Crippen LogP contribution in [0.25, 0.3) is 0 Å². The lowest BCUT2D eigenvalue weighted by Gasteiger charge is -2.05. The van der Waals surface area contributed by atoms with Crippen LogP contribution in [-0.2, 0) is 0 Å². The zero-order valence-corrected chi connectivity index (χ0v) is 9.13. The van der Waals surface area contributed by atoms with Crippen LogP contribution in [-0.4, -0.2) is 13.2 Å². The second-order valence-electron chi connectivity index (χ2n) is 2.59. The lowest BCUT2D eigenvalue weighted by atomic mass is 10.3. The highest BCUT2D eigenvalue weighted by Gasteiger charge is 2.01. The SMILES string of the molecule is NC/C=C/COc1cc(F)ccc1Br. The molecule has 0 saturated carbocycles. The molecule has 76 valence electrons. The molecule has 0 atom stereocenters. The molecule has 14 heavy (non-hydrogen) atoms. The summed E-state index contributed by atoms with van der Waals surface area (Å²) in [6.45, 7) is 0.868. The third-order valence-corrected chi connectivity index (χ3v) is 2.19. The molecule has 0 amide bonds. The minimum Gasteiger partial charge on any atom is -0.488 e. The lowest BCUT2D eigenvalue weighted by Crippen LogP contribution is -1.97. The van der Waals surface area contributed by atoms with E-state index in [2.05, 4.69) is 15.9 Å². The van der Waals surface area contributed by atoms with Crippen LogP contribution in [0.1, 0.15) is 0 Å². The standard InChI is InChI=1S/C10H11BrFNO/c11-9-4-3-8(12)7-10(9)14-6-2-1-5-13/h1-4,7H,5-6,13H2/b2-1+. The van der Waals surface area contributed by atoms with E-state index in [1.165, 1.54) is 12.1 Å². The molecule has 1 aromatic carbocycles. The third kappa shape index (κ3) is 3.47. The van der Waals surface area contributed by atoms with E-state index in [0.717, 1.165) is 4.47 Å². The summed E-state index contributed by atoms with van der Waals surface area (Å²) in [6, 6.07) is 4.31. The molecule has 2 N–H and O–H groups in total. The second-order valence-corrected chi connectivity index (χ2v) is 3.45. The van der Waals surface area contributed by atoms with Crippen LogP contribution >= 0.6 is 15.9 Å². The Bertz CT molecular complexity index is 328. The number of halogens is 2. The van der Waals surface area contributed by atoms with Crippen molar-refractivity contribution in [3.63, 3.8) is 0 Å². The molecular weight excluding hydrogens is 249 g/mol. The molecule has 0 aliphatic rings. The van der Waals surface area contributed by atoms with Crippen molar-refractivity contribution in [1.29, 1.82) is 0 Å². The average molecular weight is 260 g/mol. The van der Waals surface area contributed by atoms with Crippen LogP contribution < -0.4 is 10.5 Å². The van der Waals surface area contributed by atoms with Crippen LogP contribution in [0.4, 0.5) is 4.39 Å². The predicted octanol–water partition coefficient (Wildman–Crippen LogP) is 2.48. The van der Waals surface area contributed by atoms with E-state index in [9.17, 15) is 4.39 Å². The van der Waals surface area contributed by atoms with E-state index in [-0.39, 0.29) is 5.82 Å². The first kappa shape index (κ1) is 11.2. The van der Waals surface area contributed by atoms with Crippen molar-refractivity contribution >= 4 is 15.9 Å². The monoisotopic (exact) mass is 259 g/mol. The summed E-state index contributed by atoms with van der Waals surface area (Å²) < 4.78 is 18.8. The van der Waals surface area contributed by atoms with E-state index >= 15 is 0 Å². The van der Waals surface area contributed by atoms with Crippen LogP contribution in [0.2, 0.25) is 0 Å². The molecule has 0 spiro atoms. The van der Waals surface area contributed by atoms with E-state index in [4.69, 9.17) is 10.5 Å². The first-order valence-electron chi connectivity index (χ1n) is 4.17. The van der Waals surface area contributed by atoms with Gasteiger partial charge in [0.1, 0.15) is 18.2 Å². The molecule has 2 nitrogen and oxygen atoms in total. The normalized spacial score (nSPS) is 10.8. The van der Waals surface area contributed by atoms with Gasteiger partial charge in [0.25, 0.3) is 0 Å². The Kier molecular flexibility index (Phi) is 4.62. The summed E-state index contributed by atoms with van der Waals surface area (Å²) in [5, 5.41) is 0. The predicted molar refractivity (Wildman–Crippen MR) is 57.8 cm³/mol. The van der Waals surface area contributed by atoms with Gasteiger partial charge < -0.3 is 10.5 Å². The molecule has 4 heteroatoms. The number of nitrogens with two attached hydrogens (primary N) is 1. The van der Waals surface area contributed by atoms with E-state index < -0.39 is 0 Å². The van der Waals surface area contributed by atoms with Crippen molar-refractivity contribution in [2.45, 2.75) is 0 Å². The van der Waals surface area contributed by atoms with Gasteiger partial charge in [-0.1, -0.05) is 12.2 Å². The first-order valence-corrected chi connectivity index (χ1v) is 4.96. The van der Waals surface area contributed by atoms with Gasteiger partial charge in [0.15, 0.2) is 0 Å². The Morgan fingerprint density at radius 3 is 2.93 bits per heavy atom. The van der Waals surface area contributed by atoms with Gasteiger partial charge in [0.05, 0.1) is 4.47 Å². The minimum atomic E-state index is -0.314. The summed E-state index contributed by atoms with van der Waals surface area (Å²) in [4.78, 5) is 0. The Morgan fingerprint density at radius 1 is 1.43 bits per heavy atom. The smallest absolute Gasteiger partial charge is 0.136 e. The summed E-state index contributed by atoms with van der Waals surface area (Å²) in [6.07, 6.45) is 3.57. The van der Waals surface area contributed by atoms with Crippen molar-refractivity contribution in [3.05, 3.63) is 40.6 Å². The van der Waals surface area contributed by atoms with Crippen LogP contribution in [0.15, 0.2) is 34.8 Å². The Hall–Kier alpha value is -0.870. The largest absolute Gasteiger partial charge is 0.488 e. The van der Waals surface area contributed by atoms with Gasteiger partial charge >= 0.3 is 0 Å². The summed E-state index contributed by atoms with van der Waals surface area (Å²) >= 11 is 3.26. The maximum atomic E-state index is 12.8. The number of benzene rings is 1. The Labute approximate surface area is 90.7 Å². The average Bonchev–Trinajstić information content (AvgIpc) is 2.18. The highest BCUT2D eigenvalue weighted by molar-refractivity contribution is 9.10. The molecule has 0 bridgehead atoms. The molecule has 1 rings (SSSR count). The van der Waals surface area contributed by atoms with Crippen molar-refractivity contribution in [2.24, 2.45) is 5.73 Å². The van der Waals surface area contributed by atoms with Gasteiger partial charge in [0.2, 0.25) is 0 Å². The Morgan fingerprint density at radius 2 is 2.21 bits per heavy atom. The van der Waals surface area contributed by atoms with Gasteiger partial charge in [-0.25, -0.2) is 4.39 Å². The van der Waals surface area contributed by atoms with Crippen LogP contribution in [0, 0.1) is 5.82 Å². The first-order chi connectivity index (χ1) is 6.74. The molecule has 0 saturated heterocycles. The Balaban J connectivity index is 2.57. The zero-order chi connectivity index (χ0) is 10.4. The van der Waals surface area contributed by atoms with Crippen LogP contribution in [0.3, 0.4) is 0 Å². The highest BCUT2D eigenvalue weighted by Crippen LogP contribution is 2.25. The van der Waals surface area contributed by atoms with Crippen molar-refractivity contribution in [3.8, 4) is 5.75 Å². The van der Waals surface area contributed by atoms with E-state index in [1.807, 2.05) is 0 Å². The third-order valence-electron chi connectivity index (χ3n) is 1.53. The molecule has 0 unspecified atom stereocenters. The van der Waals surface area contributed by atoms with Gasteiger partial charge in [-0.05, 0) is 28.1 Å². The van der Waals surface area contributed by atoms with Crippen molar-refractivity contribution in [1.82, 2.24) is 0 Å². The second kappa shape index (κ2) is 5.78. The summed E-state index contributed by atoms with van der Waals surface area (Å²) in [5.74, 6) is 0.178. The minimum absolute atomic E-state index is 0.314. The van der Waals surface area contributed by atoms with Crippen molar-refractivity contribution in [2.75, 3.05) is 13.2 Å². The number of rotatable bonds is 4. The maximum absolute atomic E-state index is 12.8. The molecule has 0 aliphatic carbocycles. The van der Waals surface area contributed by atoms with E-state index in [1.54, 1.807) is 18.2 Å². The topological polar surface area (TPSA) is 35.2 Å². The number of hydrogen-bond donors (Lipinski definition) is 1. The molecule has 1 aromatic rings. The van der Waals surface area contributed by atoms with Gasteiger partial charge in [-0.2, -0.15) is 0 Å². The molecule has 0 heterocycles. The van der Waals surface area contributed by atoms with E-state index in [0.29, 0.717) is 18.9 Å². The van der Waals surface area contributed by atoms with Gasteiger partial charge in [0, 0.05) is 12.6 Å². The van der Waals surface area contributed by atoms with Crippen molar-refractivity contribution < 1.29 is 9.13 Å². The summed E-state index contributed by atoms with van der Waals surface area (Å²) in [5.41, 5.74) is 5.25. The van der Waals surface area contributed by atoms with Gasteiger partial charge in [-0.3, -0.25) is 0 Å². The zero-order valence-electron chi connectivity index (χ0n) is 7.54. The number of hydrogen-bond acceptors (Lipinski definition) is 2. The molecule has 0 fully saturated rings. The highest BCUT2D eigenvalue weighted by atomic mass is 79.9. The summed E-state index contributed by atoms with van der Waals surface area (Å²) in [7, 11) is 0. The maximum Gasteiger partial charge on any atom is 0.136 e. The fourth-order valence-corrected chi connectivity index (χ4v) is 1.25. The lowest BCUT2D eigenvalue weighted by molar-refractivity contribution is 0.358. The number of ether oxygens (including phenoxy) is 1. The molecule has 0 aliphatic heterocycles. The quantitative estimate of drug-likeness (QED) is 0.844.